The van der Waals surface area contributed by atoms with Gasteiger partial charge < -0.3 is 25.1 Å². The number of likely N-dealkylation sites (N-methyl/N-ethyl adjacent to an activating group) is 1. The maximum absolute atomic E-state index is 13.7. The van der Waals surface area contributed by atoms with Gasteiger partial charge in [0, 0.05) is 63.3 Å². The summed E-state index contributed by atoms with van der Waals surface area (Å²) in [6.07, 6.45) is 3.90. The zero-order valence-corrected chi connectivity index (χ0v) is 23.3. The summed E-state index contributed by atoms with van der Waals surface area (Å²) >= 11 is 0. The maximum Gasteiger partial charge on any atom is 0.256 e. The fraction of sp³-hybridized carbons (Fsp3) is 0.531. The van der Waals surface area contributed by atoms with Gasteiger partial charge in [-0.15, -0.1) is 0 Å². The minimum Gasteiger partial charge on any atom is -0.390 e. The first kappa shape index (κ1) is 26.8. The van der Waals surface area contributed by atoms with E-state index < -0.39 is 6.10 Å². The summed E-state index contributed by atoms with van der Waals surface area (Å²) in [5.41, 5.74) is 4.75. The van der Waals surface area contributed by atoms with E-state index >= 15 is 0 Å². The van der Waals surface area contributed by atoms with E-state index in [1.807, 2.05) is 23.1 Å². The Kier molecular flexibility index (Phi) is 7.28. The van der Waals surface area contributed by atoms with E-state index in [1.54, 1.807) is 17.0 Å². The van der Waals surface area contributed by atoms with Gasteiger partial charge in [-0.25, -0.2) is 0 Å². The summed E-state index contributed by atoms with van der Waals surface area (Å²) in [6, 6.07) is 16.0. The van der Waals surface area contributed by atoms with Gasteiger partial charge in [0.15, 0.2) is 0 Å². The van der Waals surface area contributed by atoms with E-state index in [4.69, 9.17) is 5.26 Å². The minimum atomic E-state index is -0.684. The molecule has 1 spiro atoms. The Labute approximate surface area is 236 Å². The number of β-amino-alcohol motifs (C(OH)–C–C–N with tert-alkyl or cyclic N) is 1. The maximum atomic E-state index is 13.7. The van der Waals surface area contributed by atoms with Gasteiger partial charge in [-0.05, 0) is 73.8 Å². The van der Waals surface area contributed by atoms with Gasteiger partial charge >= 0.3 is 0 Å². The van der Waals surface area contributed by atoms with Crippen molar-refractivity contribution < 1.29 is 14.7 Å². The number of anilines is 1. The molecule has 210 valence electrons. The predicted molar refractivity (Wildman–Crippen MR) is 153 cm³/mol. The van der Waals surface area contributed by atoms with Crippen LogP contribution in [0.1, 0.15) is 64.4 Å². The molecule has 3 heterocycles. The smallest absolute Gasteiger partial charge is 0.256 e. The van der Waals surface area contributed by atoms with Crippen LogP contribution in [0.25, 0.3) is 0 Å². The number of nitrogens with one attached hydrogen (secondary N) is 1. The first-order chi connectivity index (χ1) is 19.4. The van der Waals surface area contributed by atoms with Crippen molar-refractivity contribution in [2.45, 2.75) is 57.7 Å². The molecule has 0 bridgehead atoms. The first-order valence-electron chi connectivity index (χ1n) is 14.7. The van der Waals surface area contributed by atoms with Gasteiger partial charge in [-0.1, -0.05) is 24.3 Å². The van der Waals surface area contributed by atoms with Gasteiger partial charge in [0.05, 0.1) is 23.4 Å². The average molecular weight is 542 g/mol. The minimum absolute atomic E-state index is 0.0116. The van der Waals surface area contributed by atoms with Gasteiger partial charge in [-0.2, -0.15) is 5.26 Å². The van der Waals surface area contributed by atoms with Crippen molar-refractivity contribution in [2.24, 2.45) is 11.3 Å². The van der Waals surface area contributed by atoms with Crippen LogP contribution in [0.4, 0.5) is 5.69 Å². The van der Waals surface area contributed by atoms with Crippen LogP contribution in [0.2, 0.25) is 0 Å². The van der Waals surface area contributed by atoms with E-state index in [1.165, 1.54) is 11.1 Å². The lowest BCUT2D eigenvalue weighted by Crippen LogP contribution is -2.50. The number of nitriles is 1. The SMILES string of the molecule is CCN1CCN(C[C@@H](O)[C@H]2Cc3ccccc3CN2)C(=O)c2ccc(C(=O)N3CCC4(CC3)CC(C#N)C4)cc21. The molecule has 2 aromatic carbocycles. The largest absolute Gasteiger partial charge is 0.390 e. The van der Waals surface area contributed by atoms with E-state index in [-0.39, 0.29) is 35.7 Å². The lowest BCUT2D eigenvalue weighted by Gasteiger charge is -2.50. The Bertz CT molecular complexity index is 1320. The topological polar surface area (TPSA) is 99.9 Å². The molecule has 6 rings (SSSR count). The molecular weight excluding hydrogens is 502 g/mol. The Morgan fingerprint density at radius 1 is 1.10 bits per heavy atom. The number of piperidine rings is 1. The molecule has 1 saturated heterocycles. The van der Waals surface area contributed by atoms with Crippen LogP contribution >= 0.6 is 0 Å². The van der Waals surface area contributed by atoms with E-state index in [9.17, 15) is 14.7 Å². The molecule has 0 aromatic heterocycles. The quantitative estimate of drug-likeness (QED) is 0.603. The number of carbonyl (C=O) groups excluding carboxylic acids is 2. The molecule has 2 atom stereocenters. The molecule has 8 nitrogen and oxygen atoms in total. The fourth-order valence-electron chi connectivity index (χ4n) is 7.20. The third-order valence-electron chi connectivity index (χ3n) is 9.76. The van der Waals surface area contributed by atoms with Crippen molar-refractivity contribution in [3.8, 4) is 6.07 Å². The highest BCUT2D eigenvalue weighted by atomic mass is 16.3. The number of aliphatic hydroxyl groups excluding tert-OH is 1. The highest BCUT2D eigenvalue weighted by Gasteiger charge is 2.46. The highest BCUT2D eigenvalue weighted by molar-refractivity contribution is 6.03. The fourth-order valence-corrected chi connectivity index (χ4v) is 7.20. The first-order valence-corrected chi connectivity index (χ1v) is 14.7. The van der Waals surface area contributed by atoms with E-state index in [0.29, 0.717) is 30.8 Å². The van der Waals surface area contributed by atoms with Crippen LogP contribution in [0, 0.1) is 22.7 Å². The zero-order valence-electron chi connectivity index (χ0n) is 23.3. The second kappa shape index (κ2) is 10.9. The van der Waals surface area contributed by atoms with Crippen molar-refractivity contribution in [3.63, 3.8) is 0 Å². The Morgan fingerprint density at radius 3 is 2.55 bits per heavy atom. The Morgan fingerprint density at radius 2 is 1.82 bits per heavy atom. The summed E-state index contributed by atoms with van der Waals surface area (Å²) in [4.78, 5) is 33.0. The molecular formula is C32H39N5O3. The number of likely N-dealkylation sites (tertiary alicyclic amines) is 1. The van der Waals surface area contributed by atoms with Crippen LogP contribution in [0.5, 0.6) is 0 Å². The number of aliphatic hydroxyl groups is 1. The van der Waals surface area contributed by atoms with Crippen LogP contribution in [0.3, 0.4) is 0 Å². The standard InChI is InChI=1S/C32H39N5O3/c1-2-35-13-14-37(21-29(38)27-15-23-5-3-4-6-25(23)20-34-27)31(40)26-8-7-24(16-28(26)35)30(39)36-11-9-32(10-12-36)17-22(18-32)19-33/h3-8,16,22,27,29,34,38H,2,9-15,17-18,20-21H2,1H3/t27-,29-/m1/s1. The van der Waals surface area contributed by atoms with E-state index in [0.717, 1.165) is 57.4 Å². The van der Waals surface area contributed by atoms with Crippen molar-refractivity contribution in [2.75, 3.05) is 44.2 Å². The normalized spacial score (nSPS) is 23.1. The summed E-state index contributed by atoms with van der Waals surface area (Å²) in [5.74, 6) is 0.0929. The molecule has 4 aliphatic rings. The van der Waals surface area contributed by atoms with Gasteiger partial charge in [0.1, 0.15) is 0 Å². The molecule has 3 aliphatic heterocycles. The molecule has 8 heteroatoms. The summed E-state index contributed by atoms with van der Waals surface area (Å²) in [6.45, 7) is 6.36. The monoisotopic (exact) mass is 541 g/mol. The molecule has 0 unspecified atom stereocenters. The summed E-state index contributed by atoms with van der Waals surface area (Å²) < 4.78 is 0. The van der Waals surface area contributed by atoms with Crippen molar-refractivity contribution >= 4 is 17.5 Å². The van der Waals surface area contributed by atoms with Crippen LogP contribution < -0.4 is 10.2 Å². The number of carbonyl (C=O) groups is 2. The van der Waals surface area contributed by atoms with Crippen molar-refractivity contribution in [1.82, 2.24) is 15.1 Å². The van der Waals surface area contributed by atoms with Gasteiger partial charge in [0.2, 0.25) is 0 Å². The molecule has 1 aliphatic carbocycles. The highest BCUT2D eigenvalue weighted by Crippen LogP contribution is 2.52. The molecule has 2 fully saturated rings. The Hall–Kier alpha value is -3.41. The number of nitrogens with zero attached hydrogens (tertiary/aromatic N) is 4. The molecule has 2 N–H and O–H groups in total. The number of fused-ring (bicyclic) bond motifs is 2. The number of benzene rings is 2. The predicted octanol–water partition coefficient (Wildman–Crippen LogP) is 3.20. The lowest BCUT2D eigenvalue weighted by molar-refractivity contribution is 0.00874. The molecule has 1 saturated carbocycles. The Balaban J connectivity index is 1.14. The van der Waals surface area contributed by atoms with Crippen LogP contribution in [-0.4, -0.2) is 78.1 Å². The zero-order chi connectivity index (χ0) is 27.9. The summed E-state index contributed by atoms with van der Waals surface area (Å²) in [7, 11) is 0. The summed E-state index contributed by atoms with van der Waals surface area (Å²) in [5, 5.41) is 23.7. The molecule has 0 radical (unpaired) electrons. The average Bonchev–Trinajstić information content (AvgIpc) is 3.10. The lowest BCUT2D eigenvalue weighted by atomic mass is 9.58. The van der Waals surface area contributed by atoms with Gasteiger partial charge in [0.25, 0.3) is 11.8 Å². The molecule has 40 heavy (non-hydrogen) atoms. The number of hydrogen-bond acceptors (Lipinski definition) is 6. The van der Waals surface area contributed by atoms with Crippen molar-refractivity contribution in [1.29, 1.82) is 5.26 Å². The third kappa shape index (κ3) is 4.97. The van der Waals surface area contributed by atoms with Crippen molar-refractivity contribution in [3.05, 3.63) is 64.7 Å². The molecule has 2 aromatic rings. The second-order valence-corrected chi connectivity index (χ2v) is 12.1. The third-order valence-corrected chi connectivity index (χ3v) is 9.76. The number of amides is 2. The number of hydrogen-bond donors (Lipinski definition) is 2. The number of rotatable bonds is 5. The van der Waals surface area contributed by atoms with Crippen LogP contribution in [0.15, 0.2) is 42.5 Å². The van der Waals surface area contributed by atoms with Gasteiger partial charge in [-0.3, -0.25) is 9.59 Å². The van der Waals surface area contributed by atoms with E-state index in [2.05, 4.69) is 35.3 Å². The van der Waals surface area contributed by atoms with Crippen LogP contribution in [-0.2, 0) is 13.0 Å². The second-order valence-electron chi connectivity index (χ2n) is 12.1. The molecule has 2 amide bonds.